The molecule has 17 heavy (non-hydrogen) atoms. The first kappa shape index (κ1) is 10.0. The number of hydrogen-bond donors (Lipinski definition) is 0. The predicted molar refractivity (Wildman–Crippen MR) is 66.0 cm³/mol. The Kier molecular flexibility index (Phi) is 2.37. The van der Waals surface area contributed by atoms with E-state index in [1.54, 1.807) is 0 Å². The number of oxime groups is 1. The summed E-state index contributed by atoms with van der Waals surface area (Å²) in [6.07, 6.45) is 0.927. The first-order valence-corrected chi connectivity index (χ1v) is 5.54. The molecule has 3 rings (SSSR count). The average Bonchev–Trinajstić information content (AvgIpc) is 2.87. The first-order valence-electron chi connectivity index (χ1n) is 5.54. The van der Waals surface area contributed by atoms with E-state index in [9.17, 15) is 4.79 Å². The van der Waals surface area contributed by atoms with E-state index in [4.69, 9.17) is 4.84 Å². The maximum atomic E-state index is 10.6. The van der Waals surface area contributed by atoms with Crippen LogP contribution in [0.5, 0.6) is 0 Å². The quantitative estimate of drug-likeness (QED) is 0.737. The summed E-state index contributed by atoms with van der Waals surface area (Å²) < 4.78 is 0. The van der Waals surface area contributed by atoms with Gasteiger partial charge in [0, 0.05) is 12.0 Å². The normalized spacial score (nSPS) is 18.8. The first-order chi connectivity index (χ1) is 8.36. The Morgan fingerprint density at radius 1 is 1.18 bits per heavy atom. The number of hydrogen-bond acceptors (Lipinski definition) is 3. The molecule has 1 aliphatic heterocycles. The van der Waals surface area contributed by atoms with Gasteiger partial charge in [0.05, 0.1) is 5.71 Å². The van der Waals surface area contributed by atoms with Crippen LogP contribution in [0.4, 0.5) is 0 Å². The Hall–Kier alpha value is -2.16. The smallest absolute Gasteiger partial charge is 0.187 e. The summed E-state index contributed by atoms with van der Waals surface area (Å²) in [7, 11) is 0. The van der Waals surface area contributed by atoms with Crippen LogP contribution in [-0.2, 0) is 9.63 Å². The fraction of sp³-hybridized carbons (Fsp3) is 0.143. The van der Waals surface area contributed by atoms with E-state index < -0.39 is 6.10 Å². The van der Waals surface area contributed by atoms with Gasteiger partial charge in [-0.1, -0.05) is 41.6 Å². The van der Waals surface area contributed by atoms with Crippen LogP contribution in [0.2, 0.25) is 0 Å². The maximum absolute atomic E-state index is 10.6. The van der Waals surface area contributed by atoms with Gasteiger partial charge < -0.3 is 4.84 Å². The lowest BCUT2D eigenvalue weighted by molar-refractivity contribution is -0.116. The number of carbonyl (C=O) groups excluding carboxylic acids is 1. The van der Waals surface area contributed by atoms with E-state index >= 15 is 0 Å². The van der Waals surface area contributed by atoms with Gasteiger partial charge in [-0.15, -0.1) is 0 Å². The molecule has 3 nitrogen and oxygen atoms in total. The van der Waals surface area contributed by atoms with Gasteiger partial charge in [0.2, 0.25) is 0 Å². The number of fused-ring (bicyclic) bond motifs is 1. The van der Waals surface area contributed by atoms with Gasteiger partial charge in [-0.05, 0) is 16.8 Å². The van der Waals surface area contributed by atoms with Crippen LogP contribution in [0.3, 0.4) is 0 Å². The van der Waals surface area contributed by atoms with E-state index in [0.717, 1.165) is 17.6 Å². The van der Waals surface area contributed by atoms with Gasteiger partial charge in [0.1, 0.15) is 0 Å². The molecular formula is C14H11NO2. The van der Waals surface area contributed by atoms with Crippen molar-refractivity contribution in [3.05, 3.63) is 48.0 Å². The molecule has 2 aromatic rings. The van der Waals surface area contributed by atoms with Gasteiger partial charge in [-0.2, -0.15) is 0 Å². The van der Waals surface area contributed by atoms with E-state index in [0.29, 0.717) is 6.42 Å². The van der Waals surface area contributed by atoms with Gasteiger partial charge in [-0.25, -0.2) is 0 Å². The van der Waals surface area contributed by atoms with Crippen molar-refractivity contribution in [2.75, 3.05) is 0 Å². The van der Waals surface area contributed by atoms with Crippen molar-refractivity contribution in [1.82, 2.24) is 0 Å². The van der Waals surface area contributed by atoms with Crippen molar-refractivity contribution in [2.24, 2.45) is 5.16 Å². The third-order valence-corrected chi connectivity index (χ3v) is 2.93. The van der Waals surface area contributed by atoms with Crippen LogP contribution < -0.4 is 0 Å². The Balaban J connectivity index is 1.99. The molecule has 0 aliphatic carbocycles. The Morgan fingerprint density at radius 3 is 2.76 bits per heavy atom. The molecular weight excluding hydrogens is 214 g/mol. The monoisotopic (exact) mass is 225 g/mol. The second-order valence-corrected chi connectivity index (χ2v) is 4.08. The molecule has 1 atom stereocenters. The lowest BCUT2D eigenvalue weighted by atomic mass is 10.0. The highest BCUT2D eigenvalue weighted by Gasteiger charge is 2.21. The molecule has 0 spiro atoms. The van der Waals surface area contributed by atoms with Crippen molar-refractivity contribution < 1.29 is 9.63 Å². The standard InChI is InChI=1S/C14H11NO2/c16-9-13-8-14(15-17-13)12-6-5-10-3-1-2-4-11(10)7-12/h1-7,9,13H,8H2. The fourth-order valence-electron chi connectivity index (χ4n) is 2.01. The van der Waals surface area contributed by atoms with Crippen molar-refractivity contribution in [3.63, 3.8) is 0 Å². The number of nitrogens with zero attached hydrogens (tertiary/aromatic N) is 1. The van der Waals surface area contributed by atoms with Gasteiger partial charge >= 0.3 is 0 Å². The van der Waals surface area contributed by atoms with Crippen LogP contribution in [0, 0.1) is 0 Å². The van der Waals surface area contributed by atoms with Gasteiger partial charge in [0.15, 0.2) is 12.4 Å². The zero-order valence-electron chi connectivity index (χ0n) is 9.17. The third kappa shape index (κ3) is 1.80. The maximum Gasteiger partial charge on any atom is 0.187 e. The summed E-state index contributed by atoms with van der Waals surface area (Å²) in [5.41, 5.74) is 1.86. The molecule has 0 saturated heterocycles. The highest BCUT2D eigenvalue weighted by atomic mass is 16.6. The SMILES string of the molecule is O=CC1CC(c2ccc3ccccc3c2)=NO1. The number of carbonyl (C=O) groups is 1. The topological polar surface area (TPSA) is 38.7 Å². The molecule has 1 unspecified atom stereocenters. The van der Waals surface area contributed by atoms with Gasteiger partial charge in [-0.3, -0.25) is 4.79 Å². The number of aldehydes is 1. The van der Waals surface area contributed by atoms with E-state index in [-0.39, 0.29) is 0 Å². The predicted octanol–water partition coefficient (Wildman–Crippen LogP) is 2.53. The highest BCUT2D eigenvalue weighted by Crippen LogP contribution is 2.20. The van der Waals surface area contributed by atoms with Crippen molar-refractivity contribution >= 4 is 22.8 Å². The summed E-state index contributed by atoms with van der Waals surface area (Å²) in [6.45, 7) is 0. The van der Waals surface area contributed by atoms with E-state index in [2.05, 4.69) is 29.4 Å². The Labute approximate surface area is 98.7 Å². The van der Waals surface area contributed by atoms with Crippen LogP contribution >= 0.6 is 0 Å². The summed E-state index contributed by atoms with van der Waals surface area (Å²) in [4.78, 5) is 15.6. The van der Waals surface area contributed by atoms with Crippen molar-refractivity contribution in [1.29, 1.82) is 0 Å². The molecule has 2 aromatic carbocycles. The largest absolute Gasteiger partial charge is 0.384 e. The lowest BCUT2D eigenvalue weighted by Gasteiger charge is -2.02. The average molecular weight is 225 g/mol. The zero-order chi connectivity index (χ0) is 11.7. The molecule has 0 radical (unpaired) electrons. The lowest BCUT2D eigenvalue weighted by Crippen LogP contribution is -2.09. The molecule has 84 valence electrons. The van der Waals surface area contributed by atoms with Gasteiger partial charge in [0.25, 0.3) is 0 Å². The fourth-order valence-corrected chi connectivity index (χ4v) is 2.01. The van der Waals surface area contributed by atoms with E-state index in [1.807, 2.05) is 18.2 Å². The minimum Gasteiger partial charge on any atom is -0.384 e. The van der Waals surface area contributed by atoms with Crippen molar-refractivity contribution in [2.45, 2.75) is 12.5 Å². The van der Waals surface area contributed by atoms with Crippen LogP contribution in [0.25, 0.3) is 10.8 Å². The molecule has 0 saturated carbocycles. The number of benzene rings is 2. The number of rotatable bonds is 2. The van der Waals surface area contributed by atoms with Crippen LogP contribution in [0.1, 0.15) is 12.0 Å². The summed E-state index contributed by atoms with van der Waals surface area (Å²) in [5, 5.41) is 6.32. The van der Waals surface area contributed by atoms with Crippen molar-refractivity contribution in [3.8, 4) is 0 Å². The minimum atomic E-state index is -0.420. The molecule has 0 amide bonds. The van der Waals surface area contributed by atoms with E-state index in [1.165, 1.54) is 10.8 Å². The summed E-state index contributed by atoms with van der Waals surface area (Å²) in [5.74, 6) is 0. The Bertz CT molecular complexity index is 604. The molecule has 0 aromatic heterocycles. The molecule has 0 bridgehead atoms. The minimum absolute atomic E-state index is 0.420. The molecule has 1 aliphatic rings. The van der Waals surface area contributed by atoms with Crippen LogP contribution in [-0.4, -0.2) is 18.1 Å². The highest BCUT2D eigenvalue weighted by molar-refractivity contribution is 6.05. The zero-order valence-corrected chi connectivity index (χ0v) is 9.17. The molecule has 0 fully saturated rings. The third-order valence-electron chi connectivity index (χ3n) is 2.93. The molecule has 1 heterocycles. The van der Waals surface area contributed by atoms with Crippen LogP contribution in [0.15, 0.2) is 47.6 Å². The summed E-state index contributed by atoms with van der Waals surface area (Å²) >= 11 is 0. The second kappa shape index (κ2) is 4.01. The molecule has 3 heteroatoms. The summed E-state index contributed by atoms with van der Waals surface area (Å²) in [6, 6.07) is 14.3. The molecule has 0 N–H and O–H groups in total. The second-order valence-electron chi connectivity index (χ2n) is 4.08. The Morgan fingerprint density at radius 2 is 2.00 bits per heavy atom.